The number of imidazole rings is 1. The summed E-state index contributed by atoms with van der Waals surface area (Å²) in [7, 11) is 0. The van der Waals surface area contributed by atoms with Crippen LogP contribution < -0.4 is 0 Å². The molecule has 2 heterocycles. The third-order valence-corrected chi connectivity index (χ3v) is 6.41. The Hall–Kier alpha value is -3.43. The maximum Gasteiger partial charge on any atom is 0.254 e. The summed E-state index contributed by atoms with van der Waals surface area (Å²) in [5.74, 6) is 0.932. The number of amides is 1. The fraction of sp³-hybridized carbons (Fsp3) is 0.346. The molecular weight excluding hydrogens is 400 g/mol. The van der Waals surface area contributed by atoms with Crippen LogP contribution in [0.2, 0.25) is 0 Å². The van der Waals surface area contributed by atoms with Crippen LogP contribution in [0.5, 0.6) is 0 Å². The molecule has 0 radical (unpaired) electrons. The minimum atomic E-state index is -0.149. The third-order valence-electron chi connectivity index (χ3n) is 6.41. The Morgan fingerprint density at radius 3 is 2.59 bits per heavy atom. The lowest BCUT2D eigenvalue weighted by atomic mass is 9.88. The summed E-state index contributed by atoms with van der Waals surface area (Å²) in [6, 6.07) is 14.0. The van der Waals surface area contributed by atoms with Crippen molar-refractivity contribution in [3.8, 4) is 17.3 Å². The average molecular weight is 429 g/mol. The molecule has 1 aliphatic rings. The number of nitrogens with zero attached hydrogens (tertiary/aromatic N) is 3. The first-order valence-electron chi connectivity index (χ1n) is 11.0. The number of aromatic nitrogens is 2. The lowest BCUT2D eigenvalue weighted by Gasteiger charge is -2.33. The number of H-pyrrole nitrogens is 1. The zero-order valence-corrected chi connectivity index (χ0v) is 18.8. The van der Waals surface area contributed by atoms with Crippen molar-refractivity contribution < 1.29 is 9.90 Å². The summed E-state index contributed by atoms with van der Waals surface area (Å²) < 4.78 is 0. The van der Waals surface area contributed by atoms with Crippen LogP contribution in [0.1, 0.15) is 62.9 Å². The van der Waals surface area contributed by atoms with E-state index in [0.29, 0.717) is 36.0 Å². The Balaban J connectivity index is 1.55. The lowest BCUT2D eigenvalue weighted by molar-refractivity contribution is 0.0712. The molecular formula is C26H28N4O2. The number of likely N-dealkylation sites (tertiary alicyclic amines) is 1. The molecule has 0 bridgehead atoms. The number of piperidine rings is 1. The number of carbonyl (C=O) groups is 1. The Bertz CT molecular complexity index is 1200. The highest BCUT2D eigenvalue weighted by Gasteiger charge is 2.26. The van der Waals surface area contributed by atoms with Crippen molar-refractivity contribution in [1.29, 1.82) is 5.26 Å². The van der Waals surface area contributed by atoms with Gasteiger partial charge in [-0.1, -0.05) is 18.2 Å². The van der Waals surface area contributed by atoms with Crippen molar-refractivity contribution in [1.82, 2.24) is 14.9 Å². The number of hydrogen-bond donors (Lipinski definition) is 2. The van der Waals surface area contributed by atoms with E-state index in [1.165, 1.54) is 5.56 Å². The molecule has 2 N–H and O–H groups in total. The molecule has 1 aliphatic heterocycles. The molecule has 1 amide bonds. The molecule has 4 rings (SSSR count). The minimum absolute atomic E-state index is 0.0450. The quantitative estimate of drug-likeness (QED) is 0.645. The summed E-state index contributed by atoms with van der Waals surface area (Å²) in [5.41, 5.74) is 7.13. The van der Waals surface area contributed by atoms with Gasteiger partial charge in [0.15, 0.2) is 0 Å². The maximum atomic E-state index is 13.4. The normalized spacial score (nSPS) is 14.4. The van der Waals surface area contributed by atoms with Gasteiger partial charge in [-0.15, -0.1) is 0 Å². The summed E-state index contributed by atoms with van der Waals surface area (Å²) >= 11 is 0. The van der Waals surface area contributed by atoms with Gasteiger partial charge in [0.05, 0.1) is 17.3 Å². The molecule has 6 heteroatoms. The highest BCUT2D eigenvalue weighted by Crippen LogP contribution is 2.32. The predicted octanol–water partition coefficient (Wildman–Crippen LogP) is 4.39. The number of nitriles is 1. The Labute approximate surface area is 188 Å². The SMILES string of the molecule is Cc1cc(C)c(-c2nc(CO)[nH]c2C)cc1C(=O)N1CCC(c2cccc(C#N)c2)CC1. The molecule has 1 aromatic heterocycles. The van der Waals surface area contributed by atoms with Gasteiger partial charge in [-0.05, 0) is 74.4 Å². The fourth-order valence-electron chi connectivity index (χ4n) is 4.65. The molecule has 0 spiro atoms. The lowest BCUT2D eigenvalue weighted by Crippen LogP contribution is -2.38. The number of rotatable bonds is 4. The van der Waals surface area contributed by atoms with Crippen LogP contribution in [0.4, 0.5) is 0 Å². The van der Waals surface area contributed by atoms with E-state index in [2.05, 4.69) is 22.1 Å². The van der Waals surface area contributed by atoms with Crippen LogP contribution in [0.25, 0.3) is 11.3 Å². The molecule has 32 heavy (non-hydrogen) atoms. The van der Waals surface area contributed by atoms with Gasteiger partial charge in [0.1, 0.15) is 12.4 Å². The highest BCUT2D eigenvalue weighted by atomic mass is 16.3. The van der Waals surface area contributed by atoms with Crippen LogP contribution in [0.15, 0.2) is 36.4 Å². The van der Waals surface area contributed by atoms with E-state index in [4.69, 9.17) is 5.26 Å². The molecule has 0 saturated carbocycles. The van der Waals surface area contributed by atoms with Crippen molar-refractivity contribution >= 4 is 5.91 Å². The summed E-state index contributed by atoms with van der Waals surface area (Å²) in [4.78, 5) is 23.0. The van der Waals surface area contributed by atoms with Crippen molar-refractivity contribution in [3.05, 3.63) is 75.7 Å². The average Bonchev–Trinajstić information content (AvgIpc) is 3.19. The highest BCUT2D eigenvalue weighted by molar-refractivity contribution is 5.97. The number of benzene rings is 2. The zero-order valence-electron chi connectivity index (χ0n) is 18.8. The molecule has 0 atom stereocenters. The van der Waals surface area contributed by atoms with Gasteiger partial charge in [-0.25, -0.2) is 4.98 Å². The molecule has 164 valence electrons. The van der Waals surface area contributed by atoms with Crippen molar-refractivity contribution in [2.75, 3.05) is 13.1 Å². The largest absolute Gasteiger partial charge is 0.388 e. The Kier molecular flexibility index (Phi) is 6.11. The standard InChI is InChI=1S/C26H28N4O2/c1-16-11-17(2)23(13-22(16)25-18(3)28-24(15-31)29-25)26(32)30-9-7-20(8-10-30)21-6-4-5-19(12-21)14-27/h4-6,11-13,20,31H,7-10,15H2,1-3H3,(H,28,29). The number of nitrogens with one attached hydrogen (secondary N) is 1. The second-order valence-electron chi connectivity index (χ2n) is 8.60. The monoisotopic (exact) mass is 428 g/mol. The number of carbonyl (C=O) groups excluding carboxylic acids is 1. The van der Waals surface area contributed by atoms with Gasteiger partial charge < -0.3 is 15.0 Å². The predicted molar refractivity (Wildman–Crippen MR) is 123 cm³/mol. The summed E-state index contributed by atoms with van der Waals surface area (Å²) in [6.07, 6.45) is 1.77. The van der Waals surface area contributed by atoms with Crippen molar-refractivity contribution in [3.63, 3.8) is 0 Å². The smallest absolute Gasteiger partial charge is 0.254 e. The van der Waals surface area contributed by atoms with Gasteiger partial charge in [-0.2, -0.15) is 5.26 Å². The number of aryl methyl sites for hydroxylation is 3. The second-order valence-corrected chi connectivity index (χ2v) is 8.60. The number of aromatic amines is 1. The van der Waals surface area contributed by atoms with E-state index in [9.17, 15) is 9.90 Å². The summed E-state index contributed by atoms with van der Waals surface area (Å²) in [5, 5.41) is 18.6. The fourth-order valence-corrected chi connectivity index (χ4v) is 4.65. The van der Waals surface area contributed by atoms with Crippen LogP contribution in [0.3, 0.4) is 0 Å². The first kappa shape index (κ1) is 21.8. The molecule has 0 unspecified atom stereocenters. The third kappa shape index (κ3) is 4.17. The van der Waals surface area contributed by atoms with E-state index in [0.717, 1.165) is 40.9 Å². The van der Waals surface area contributed by atoms with Crippen molar-refractivity contribution in [2.45, 2.75) is 46.1 Å². The maximum absolute atomic E-state index is 13.4. The van der Waals surface area contributed by atoms with E-state index >= 15 is 0 Å². The molecule has 0 aliphatic carbocycles. The van der Waals surface area contributed by atoms with Crippen molar-refractivity contribution in [2.24, 2.45) is 0 Å². The van der Waals surface area contributed by atoms with Crippen LogP contribution in [-0.2, 0) is 6.61 Å². The summed E-state index contributed by atoms with van der Waals surface area (Å²) in [6.45, 7) is 7.15. The van der Waals surface area contributed by atoms with E-state index in [1.807, 2.05) is 56.0 Å². The van der Waals surface area contributed by atoms with Crippen LogP contribution >= 0.6 is 0 Å². The first-order chi connectivity index (χ1) is 15.4. The second kappa shape index (κ2) is 8.97. The van der Waals surface area contributed by atoms with Gasteiger partial charge in [-0.3, -0.25) is 4.79 Å². The van der Waals surface area contributed by atoms with Crippen LogP contribution in [-0.4, -0.2) is 39.0 Å². The molecule has 6 nitrogen and oxygen atoms in total. The first-order valence-corrected chi connectivity index (χ1v) is 11.0. The molecule has 1 fully saturated rings. The minimum Gasteiger partial charge on any atom is -0.388 e. The number of aliphatic hydroxyl groups excluding tert-OH is 1. The molecule has 3 aromatic rings. The molecule has 1 saturated heterocycles. The Morgan fingerprint density at radius 2 is 1.94 bits per heavy atom. The topological polar surface area (TPSA) is 93.0 Å². The van der Waals surface area contributed by atoms with E-state index in [-0.39, 0.29) is 12.5 Å². The van der Waals surface area contributed by atoms with Gasteiger partial charge >= 0.3 is 0 Å². The zero-order chi connectivity index (χ0) is 22.8. The van der Waals surface area contributed by atoms with E-state index in [1.54, 1.807) is 0 Å². The van der Waals surface area contributed by atoms with Gasteiger partial charge in [0.25, 0.3) is 5.91 Å². The molecule has 2 aromatic carbocycles. The van der Waals surface area contributed by atoms with Crippen LogP contribution in [0, 0.1) is 32.1 Å². The number of aliphatic hydroxyl groups is 1. The van der Waals surface area contributed by atoms with E-state index < -0.39 is 0 Å². The van der Waals surface area contributed by atoms with Gasteiger partial charge in [0.2, 0.25) is 0 Å². The Morgan fingerprint density at radius 1 is 1.19 bits per heavy atom. The van der Waals surface area contributed by atoms with Gasteiger partial charge in [0, 0.05) is 29.9 Å². The number of hydrogen-bond acceptors (Lipinski definition) is 4.